The van der Waals surface area contributed by atoms with E-state index >= 15 is 0 Å². The maximum atomic E-state index is 13.5. The summed E-state index contributed by atoms with van der Waals surface area (Å²) in [5, 5.41) is 14.7. The van der Waals surface area contributed by atoms with Crippen molar-refractivity contribution < 1.29 is 23.6 Å². The Hall–Kier alpha value is -2.41. The Bertz CT molecular complexity index is 660. The third-order valence-electron chi connectivity index (χ3n) is 2.70. The lowest BCUT2D eigenvalue weighted by atomic mass is 10.0. The van der Waals surface area contributed by atoms with Gasteiger partial charge in [0.05, 0.1) is 17.5 Å². The molecule has 2 aromatic rings. The van der Waals surface area contributed by atoms with E-state index in [1.807, 2.05) is 0 Å². The molecule has 2 N–H and O–H groups in total. The molecule has 6 nitrogen and oxygen atoms in total. The van der Waals surface area contributed by atoms with Gasteiger partial charge in [-0.25, -0.2) is 4.39 Å². The topological polar surface area (TPSA) is 92.4 Å². The lowest BCUT2D eigenvalue weighted by Crippen LogP contribution is -2.30. The van der Waals surface area contributed by atoms with Gasteiger partial charge in [0.1, 0.15) is 12.1 Å². The zero-order valence-electron chi connectivity index (χ0n) is 10.5. The summed E-state index contributed by atoms with van der Waals surface area (Å²) in [7, 11) is 0. The van der Waals surface area contributed by atoms with Crippen molar-refractivity contribution in [2.75, 3.05) is 0 Å². The van der Waals surface area contributed by atoms with Crippen LogP contribution in [0, 0.1) is 5.82 Å². The molecule has 1 atom stereocenters. The van der Waals surface area contributed by atoms with E-state index in [4.69, 9.17) is 16.7 Å². The van der Waals surface area contributed by atoms with Crippen LogP contribution in [0.2, 0.25) is 5.02 Å². The fourth-order valence-electron chi connectivity index (χ4n) is 1.72. The zero-order chi connectivity index (χ0) is 15.4. The second-order valence-electron chi connectivity index (χ2n) is 4.18. The molecule has 0 fully saturated rings. The Morgan fingerprint density at radius 2 is 2.19 bits per heavy atom. The fraction of sp³-hybridized carbons (Fsp3) is 0.154. The lowest BCUT2D eigenvalue weighted by Gasteiger charge is -2.17. The van der Waals surface area contributed by atoms with Gasteiger partial charge in [0.15, 0.2) is 5.69 Å². The minimum absolute atomic E-state index is 0.000163. The first kappa shape index (κ1) is 15.0. The van der Waals surface area contributed by atoms with E-state index in [2.05, 4.69) is 15.0 Å². The van der Waals surface area contributed by atoms with Gasteiger partial charge in [0.25, 0.3) is 5.91 Å². The lowest BCUT2D eigenvalue weighted by molar-refractivity contribution is -0.137. The van der Waals surface area contributed by atoms with Crippen molar-refractivity contribution >= 4 is 23.5 Å². The average molecular weight is 313 g/mol. The predicted molar refractivity (Wildman–Crippen MR) is 70.4 cm³/mol. The summed E-state index contributed by atoms with van der Waals surface area (Å²) < 4.78 is 18.0. The minimum atomic E-state index is -1.14. The maximum Gasteiger partial charge on any atom is 0.305 e. The van der Waals surface area contributed by atoms with Crippen LogP contribution >= 0.6 is 11.6 Å². The van der Waals surface area contributed by atoms with Gasteiger partial charge >= 0.3 is 5.97 Å². The highest BCUT2D eigenvalue weighted by molar-refractivity contribution is 6.30. The molecule has 0 bridgehead atoms. The molecule has 1 aromatic carbocycles. The Morgan fingerprint density at radius 3 is 2.76 bits per heavy atom. The Labute approximate surface area is 123 Å². The summed E-state index contributed by atoms with van der Waals surface area (Å²) in [5.74, 6) is -2.46. The van der Waals surface area contributed by atoms with E-state index in [9.17, 15) is 14.0 Å². The van der Waals surface area contributed by atoms with Gasteiger partial charge in [0.2, 0.25) is 0 Å². The highest BCUT2D eigenvalue weighted by atomic mass is 35.5. The number of carboxylic acid groups (broad SMARTS) is 1. The number of carboxylic acids is 1. The summed E-state index contributed by atoms with van der Waals surface area (Å²) in [5.41, 5.74) is 0.288. The molecular formula is C13H10ClFN2O4. The molecule has 1 aromatic heterocycles. The molecule has 110 valence electrons. The Morgan fingerprint density at radius 1 is 1.43 bits per heavy atom. The number of carbonyl (C=O) groups is 2. The first-order chi connectivity index (χ1) is 9.97. The maximum absolute atomic E-state index is 13.5. The molecule has 1 unspecified atom stereocenters. The van der Waals surface area contributed by atoms with E-state index < -0.39 is 30.2 Å². The van der Waals surface area contributed by atoms with E-state index in [0.717, 1.165) is 6.07 Å². The smallest absolute Gasteiger partial charge is 0.305 e. The largest absolute Gasteiger partial charge is 0.481 e. The zero-order valence-corrected chi connectivity index (χ0v) is 11.3. The molecule has 0 aliphatic heterocycles. The van der Waals surface area contributed by atoms with Crippen LogP contribution < -0.4 is 5.32 Å². The summed E-state index contributed by atoms with van der Waals surface area (Å²) >= 11 is 5.58. The summed E-state index contributed by atoms with van der Waals surface area (Å²) in [6.45, 7) is 0. The van der Waals surface area contributed by atoms with Crippen LogP contribution in [0.1, 0.15) is 28.5 Å². The predicted octanol–water partition coefficient (Wildman–Crippen LogP) is 2.41. The molecule has 0 saturated heterocycles. The van der Waals surface area contributed by atoms with Gasteiger partial charge in [-0.15, -0.1) is 0 Å². The van der Waals surface area contributed by atoms with Gasteiger partial charge in [-0.3, -0.25) is 9.59 Å². The van der Waals surface area contributed by atoms with E-state index in [0.29, 0.717) is 0 Å². The molecule has 1 amide bonds. The fourth-order valence-corrected chi connectivity index (χ4v) is 1.84. The van der Waals surface area contributed by atoms with Crippen molar-refractivity contribution in [1.82, 2.24) is 10.5 Å². The van der Waals surface area contributed by atoms with E-state index in [1.54, 1.807) is 0 Å². The van der Waals surface area contributed by atoms with Gasteiger partial charge in [-0.1, -0.05) is 22.8 Å². The number of carbonyl (C=O) groups excluding carboxylic acids is 1. The first-order valence-corrected chi connectivity index (χ1v) is 6.23. The number of benzene rings is 1. The number of amides is 1. The standard InChI is InChI=1S/C13H10ClFN2O4/c14-8-2-1-7(5-9(8)15)11(6-12(18)19)16-13(20)10-3-4-21-17-10/h1-5,11H,6H2,(H,16,20)(H,18,19). The number of rotatable bonds is 5. The second-order valence-corrected chi connectivity index (χ2v) is 4.59. The second kappa shape index (κ2) is 6.36. The molecule has 0 aliphatic carbocycles. The third kappa shape index (κ3) is 3.79. The number of nitrogens with zero attached hydrogens (tertiary/aromatic N) is 1. The van der Waals surface area contributed by atoms with Crippen LogP contribution in [-0.4, -0.2) is 22.1 Å². The molecule has 1 heterocycles. The van der Waals surface area contributed by atoms with Crippen molar-refractivity contribution in [3.63, 3.8) is 0 Å². The van der Waals surface area contributed by atoms with Crippen LogP contribution in [0.15, 0.2) is 35.1 Å². The van der Waals surface area contributed by atoms with Crippen molar-refractivity contribution in [2.24, 2.45) is 0 Å². The first-order valence-electron chi connectivity index (χ1n) is 5.85. The van der Waals surface area contributed by atoms with Crippen molar-refractivity contribution in [3.05, 3.63) is 52.6 Å². The van der Waals surface area contributed by atoms with Crippen LogP contribution in [0.4, 0.5) is 4.39 Å². The van der Waals surface area contributed by atoms with Crippen LogP contribution in [0.3, 0.4) is 0 Å². The normalized spacial score (nSPS) is 11.9. The third-order valence-corrected chi connectivity index (χ3v) is 3.01. The molecular weight excluding hydrogens is 303 g/mol. The minimum Gasteiger partial charge on any atom is -0.481 e. The van der Waals surface area contributed by atoms with Gasteiger partial charge in [-0.05, 0) is 17.7 Å². The van der Waals surface area contributed by atoms with Crippen LogP contribution in [0.25, 0.3) is 0 Å². The number of aliphatic carboxylic acids is 1. The van der Waals surface area contributed by atoms with Crippen LogP contribution in [0.5, 0.6) is 0 Å². The molecule has 21 heavy (non-hydrogen) atoms. The van der Waals surface area contributed by atoms with Gasteiger partial charge in [0, 0.05) is 6.07 Å². The van der Waals surface area contributed by atoms with E-state index in [-0.39, 0.29) is 16.3 Å². The highest BCUT2D eigenvalue weighted by Crippen LogP contribution is 2.22. The number of halogens is 2. The van der Waals surface area contributed by atoms with Gasteiger partial charge in [-0.2, -0.15) is 0 Å². The molecule has 0 saturated carbocycles. The summed E-state index contributed by atoms with van der Waals surface area (Å²) in [6.07, 6.45) is 0.799. The Balaban J connectivity index is 2.23. The number of hydrogen-bond donors (Lipinski definition) is 2. The molecule has 0 spiro atoms. The molecule has 0 aliphatic rings. The Kier molecular flexibility index (Phi) is 4.54. The van der Waals surface area contributed by atoms with Crippen molar-refractivity contribution in [2.45, 2.75) is 12.5 Å². The quantitative estimate of drug-likeness (QED) is 0.884. The van der Waals surface area contributed by atoms with Gasteiger partial charge < -0.3 is 14.9 Å². The average Bonchev–Trinajstić information content (AvgIpc) is 2.94. The number of hydrogen-bond acceptors (Lipinski definition) is 4. The van der Waals surface area contributed by atoms with Crippen molar-refractivity contribution in [1.29, 1.82) is 0 Å². The highest BCUT2D eigenvalue weighted by Gasteiger charge is 2.21. The number of aromatic nitrogens is 1. The monoisotopic (exact) mass is 312 g/mol. The SMILES string of the molecule is O=C(O)CC(NC(=O)c1ccon1)c1ccc(Cl)c(F)c1. The molecule has 8 heteroatoms. The van der Waals surface area contributed by atoms with Crippen LogP contribution in [-0.2, 0) is 4.79 Å². The number of nitrogens with one attached hydrogen (secondary N) is 1. The molecule has 2 rings (SSSR count). The summed E-state index contributed by atoms with van der Waals surface area (Å²) in [4.78, 5) is 22.8. The van der Waals surface area contributed by atoms with Crippen molar-refractivity contribution in [3.8, 4) is 0 Å². The summed E-state index contributed by atoms with van der Waals surface area (Å²) in [6, 6.07) is 4.23. The molecule has 0 radical (unpaired) electrons. The van der Waals surface area contributed by atoms with E-state index in [1.165, 1.54) is 24.5 Å².